The lowest BCUT2D eigenvalue weighted by atomic mass is 9.91. The van der Waals surface area contributed by atoms with Gasteiger partial charge in [-0.2, -0.15) is 0 Å². The molecular formula is C27H24. The lowest BCUT2D eigenvalue weighted by molar-refractivity contribution is 1.16. The number of fused-ring (bicyclic) bond motifs is 1. The molecule has 4 rings (SSSR count). The molecule has 0 unspecified atom stereocenters. The number of hydrogen-bond donors (Lipinski definition) is 0. The summed E-state index contributed by atoms with van der Waals surface area (Å²) in [5.41, 5.74) is 9.44. The van der Waals surface area contributed by atoms with Crippen molar-refractivity contribution >= 4 is 12.2 Å². The van der Waals surface area contributed by atoms with Gasteiger partial charge in [0.2, 0.25) is 0 Å². The van der Waals surface area contributed by atoms with E-state index in [2.05, 4.69) is 110 Å². The molecule has 0 aromatic heterocycles. The molecule has 3 aromatic carbocycles. The van der Waals surface area contributed by atoms with E-state index < -0.39 is 0 Å². The molecular weight excluding hydrogens is 324 g/mol. The van der Waals surface area contributed by atoms with Gasteiger partial charge in [-0.3, -0.25) is 0 Å². The van der Waals surface area contributed by atoms with Crippen LogP contribution in [0.1, 0.15) is 33.4 Å². The van der Waals surface area contributed by atoms with Gasteiger partial charge in [-0.05, 0) is 58.7 Å². The van der Waals surface area contributed by atoms with E-state index >= 15 is 0 Å². The fourth-order valence-corrected chi connectivity index (χ4v) is 3.58. The standard InChI is InChI=1S/C27H24/c1-21-7-5-12-26-20-24(17-18-27(21)26)11-6-10-22-13-15-25(16-14-22)19-23-8-3-2-4-9-23/h2-18H,19-20H2,1H3/b10-6+,24-11-. The van der Waals surface area contributed by atoms with E-state index in [9.17, 15) is 0 Å². The molecule has 0 aliphatic heterocycles. The zero-order valence-electron chi connectivity index (χ0n) is 15.7. The molecule has 0 N–H and O–H groups in total. The summed E-state index contributed by atoms with van der Waals surface area (Å²) in [5.74, 6) is 0. The van der Waals surface area contributed by atoms with Gasteiger partial charge in [0.15, 0.2) is 0 Å². The van der Waals surface area contributed by atoms with Gasteiger partial charge >= 0.3 is 0 Å². The Morgan fingerprint density at radius 1 is 0.778 bits per heavy atom. The van der Waals surface area contributed by atoms with Crippen LogP contribution in [0, 0.1) is 6.92 Å². The first kappa shape index (κ1) is 17.3. The van der Waals surface area contributed by atoms with Crippen LogP contribution < -0.4 is 0 Å². The van der Waals surface area contributed by atoms with Crippen molar-refractivity contribution in [1.82, 2.24) is 0 Å². The molecule has 0 heteroatoms. The van der Waals surface area contributed by atoms with E-state index in [1.807, 2.05) is 0 Å². The van der Waals surface area contributed by atoms with Crippen molar-refractivity contribution in [3.63, 3.8) is 0 Å². The summed E-state index contributed by atoms with van der Waals surface area (Å²) in [5, 5.41) is 0. The van der Waals surface area contributed by atoms with Crippen molar-refractivity contribution in [2.24, 2.45) is 0 Å². The van der Waals surface area contributed by atoms with Crippen LogP contribution in [0.2, 0.25) is 0 Å². The molecule has 0 fully saturated rings. The molecule has 0 heterocycles. The third kappa shape index (κ3) is 4.35. The molecule has 1 aliphatic rings. The highest BCUT2D eigenvalue weighted by Gasteiger charge is 2.08. The van der Waals surface area contributed by atoms with Crippen LogP contribution in [0.5, 0.6) is 0 Å². The largest absolute Gasteiger partial charge is 0.0622 e. The third-order valence-corrected chi connectivity index (χ3v) is 5.10. The third-order valence-electron chi connectivity index (χ3n) is 5.10. The second kappa shape index (κ2) is 8.05. The molecule has 0 radical (unpaired) electrons. The normalized spacial score (nSPS) is 14.6. The first-order valence-electron chi connectivity index (χ1n) is 9.54. The van der Waals surface area contributed by atoms with Crippen LogP contribution in [0.15, 0.2) is 96.6 Å². The van der Waals surface area contributed by atoms with E-state index in [0.717, 1.165) is 12.8 Å². The predicted molar refractivity (Wildman–Crippen MR) is 117 cm³/mol. The van der Waals surface area contributed by atoms with Crippen LogP contribution in [-0.4, -0.2) is 0 Å². The van der Waals surface area contributed by atoms with E-state index in [4.69, 9.17) is 0 Å². The molecule has 0 saturated carbocycles. The zero-order chi connectivity index (χ0) is 18.5. The van der Waals surface area contributed by atoms with E-state index in [0.29, 0.717) is 0 Å². The Kier molecular flexibility index (Phi) is 5.16. The summed E-state index contributed by atoms with van der Waals surface area (Å²) in [6.07, 6.45) is 13.0. The lowest BCUT2D eigenvalue weighted by Crippen LogP contribution is -1.98. The minimum atomic E-state index is 0.985. The Labute approximate surface area is 162 Å². The smallest absolute Gasteiger partial charge is 0.00197 e. The molecule has 0 atom stereocenters. The van der Waals surface area contributed by atoms with E-state index in [1.54, 1.807) is 0 Å². The highest BCUT2D eigenvalue weighted by molar-refractivity contribution is 5.65. The minimum Gasteiger partial charge on any atom is -0.0622 e. The average Bonchev–Trinajstić information content (AvgIpc) is 2.70. The molecule has 132 valence electrons. The van der Waals surface area contributed by atoms with Gasteiger partial charge in [0.05, 0.1) is 0 Å². The number of rotatable bonds is 4. The zero-order valence-corrected chi connectivity index (χ0v) is 15.7. The Morgan fingerprint density at radius 2 is 1.56 bits per heavy atom. The molecule has 1 aliphatic carbocycles. The first-order valence-corrected chi connectivity index (χ1v) is 9.54. The Balaban J connectivity index is 1.41. The molecule has 0 saturated heterocycles. The fraction of sp³-hybridized carbons (Fsp3) is 0.111. The molecule has 0 nitrogen and oxygen atoms in total. The van der Waals surface area contributed by atoms with Crippen LogP contribution in [0.3, 0.4) is 0 Å². The number of aryl methyl sites for hydroxylation is 1. The van der Waals surface area contributed by atoms with Crippen LogP contribution >= 0.6 is 0 Å². The maximum Gasteiger partial charge on any atom is -0.00197 e. The second-order valence-electron chi connectivity index (χ2n) is 7.16. The van der Waals surface area contributed by atoms with Crippen molar-refractivity contribution in [2.75, 3.05) is 0 Å². The van der Waals surface area contributed by atoms with Gasteiger partial charge in [-0.25, -0.2) is 0 Å². The molecule has 27 heavy (non-hydrogen) atoms. The van der Waals surface area contributed by atoms with E-state index in [-0.39, 0.29) is 0 Å². The summed E-state index contributed by atoms with van der Waals surface area (Å²) in [6, 6.07) is 26.0. The number of hydrogen-bond acceptors (Lipinski definition) is 0. The van der Waals surface area contributed by atoms with Gasteiger partial charge < -0.3 is 0 Å². The maximum atomic E-state index is 2.24. The first-order chi connectivity index (χ1) is 13.3. The second-order valence-corrected chi connectivity index (χ2v) is 7.16. The van der Waals surface area contributed by atoms with Crippen molar-refractivity contribution in [3.8, 4) is 0 Å². The van der Waals surface area contributed by atoms with Crippen molar-refractivity contribution in [2.45, 2.75) is 19.8 Å². The Morgan fingerprint density at radius 3 is 2.37 bits per heavy atom. The van der Waals surface area contributed by atoms with Crippen LogP contribution in [-0.2, 0) is 12.8 Å². The van der Waals surface area contributed by atoms with Crippen molar-refractivity contribution in [3.05, 3.63) is 130 Å². The van der Waals surface area contributed by atoms with Crippen molar-refractivity contribution < 1.29 is 0 Å². The molecule has 0 bridgehead atoms. The van der Waals surface area contributed by atoms with Gasteiger partial charge in [-0.15, -0.1) is 0 Å². The van der Waals surface area contributed by atoms with Crippen LogP contribution in [0.4, 0.5) is 0 Å². The van der Waals surface area contributed by atoms with Gasteiger partial charge in [0, 0.05) is 0 Å². The SMILES string of the molecule is Cc1cccc2c1C=C/C(=C/C=C/c1ccc(Cc3ccccc3)cc1)C2. The maximum absolute atomic E-state index is 2.24. The molecule has 3 aromatic rings. The minimum absolute atomic E-state index is 0.985. The highest BCUT2D eigenvalue weighted by atomic mass is 14.1. The monoisotopic (exact) mass is 348 g/mol. The van der Waals surface area contributed by atoms with E-state index in [1.165, 1.54) is 39.0 Å². The molecule has 0 amide bonds. The average molecular weight is 348 g/mol. The quantitative estimate of drug-likeness (QED) is 0.486. The topological polar surface area (TPSA) is 0 Å². The van der Waals surface area contributed by atoms with Gasteiger partial charge in [-0.1, -0.05) is 103 Å². The van der Waals surface area contributed by atoms with Crippen molar-refractivity contribution in [1.29, 1.82) is 0 Å². The Bertz CT molecular complexity index is 1000. The van der Waals surface area contributed by atoms with Crippen LogP contribution in [0.25, 0.3) is 12.2 Å². The number of allylic oxidation sites excluding steroid dienone is 4. The number of benzene rings is 3. The summed E-state index contributed by atoms with van der Waals surface area (Å²) in [7, 11) is 0. The Hall–Kier alpha value is -3.12. The summed E-state index contributed by atoms with van der Waals surface area (Å²) in [4.78, 5) is 0. The fourth-order valence-electron chi connectivity index (χ4n) is 3.58. The molecule has 0 spiro atoms. The highest BCUT2D eigenvalue weighted by Crippen LogP contribution is 2.25. The summed E-state index contributed by atoms with van der Waals surface area (Å²) < 4.78 is 0. The summed E-state index contributed by atoms with van der Waals surface area (Å²) in [6.45, 7) is 2.18. The predicted octanol–water partition coefficient (Wildman–Crippen LogP) is 6.79. The van der Waals surface area contributed by atoms with Gasteiger partial charge in [0.25, 0.3) is 0 Å². The lowest BCUT2D eigenvalue weighted by Gasteiger charge is -2.14. The summed E-state index contributed by atoms with van der Waals surface area (Å²) >= 11 is 0. The van der Waals surface area contributed by atoms with Gasteiger partial charge in [0.1, 0.15) is 0 Å².